The molecule has 0 amide bonds. The summed E-state index contributed by atoms with van der Waals surface area (Å²) in [7, 11) is 0. The first-order valence-electron chi connectivity index (χ1n) is 6.55. The number of hydrogen-bond donors (Lipinski definition) is 0. The fraction of sp³-hybridized carbons (Fsp3) is 0.857. The Morgan fingerprint density at radius 3 is 2.57 bits per heavy atom. The second-order valence-electron chi connectivity index (χ2n) is 5.71. The normalized spacial score (nSPS) is 49.6. The van der Waals surface area contributed by atoms with Crippen LogP contribution in [0, 0.1) is 29.6 Å². The quantitative estimate of drug-likeness (QED) is 0.577. The van der Waals surface area contributed by atoms with E-state index in [1.807, 2.05) is 0 Å². The zero-order valence-corrected chi connectivity index (χ0v) is 9.28. The van der Waals surface area contributed by atoms with Gasteiger partial charge in [-0.15, -0.1) is 0 Å². The molecule has 14 heavy (non-hydrogen) atoms. The lowest BCUT2D eigenvalue weighted by atomic mass is 9.68. The summed E-state index contributed by atoms with van der Waals surface area (Å²) in [4.78, 5) is 0. The number of hydrogen-bond acceptors (Lipinski definition) is 0. The van der Waals surface area contributed by atoms with Crippen molar-refractivity contribution in [1.29, 1.82) is 0 Å². The van der Waals surface area contributed by atoms with Crippen LogP contribution >= 0.6 is 0 Å². The van der Waals surface area contributed by atoms with Crippen molar-refractivity contribution in [2.75, 3.05) is 0 Å². The highest BCUT2D eigenvalue weighted by atomic mass is 14.6. The third-order valence-electron chi connectivity index (χ3n) is 5.13. The van der Waals surface area contributed by atoms with Crippen molar-refractivity contribution >= 4 is 0 Å². The van der Waals surface area contributed by atoms with Gasteiger partial charge in [0.1, 0.15) is 0 Å². The van der Waals surface area contributed by atoms with Gasteiger partial charge < -0.3 is 0 Å². The molecule has 0 heteroatoms. The minimum absolute atomic E-state index is 1.09. The molecular weight excluding hydrogens is 168 g/mol. The molecule has 2 fully saturated rings. The summed E-state index contributed by atoms with van der Waals surface area (Å²) in [5.74, 6) is 5.53. The SMILES string of the molecule is CCCC1CC2CC1C1CC=CCC21. The topological polar surface area (TPSA) is 0 Å². The van der Waals surface area contributed by atoms with Crippen LogP contribution in [0.3, 0.4) is 0 Å². The van der Waals surface area contributed by atoms with Crippen molar-refractivity contribution in [3.63, 3.8) is 0 Å². The molecule has 0 radical (unpaired) electrons. The molecule has 0 spiro atoms. The Hall–Kier alpha value is -0.260. The van der Waals surface area contributed by atoms with Crippen molar-refractivity contribution < 1.29 is 0 Å². The van der Waals surface area contributed by atoms with E-state index < -0.39 is 0 Å². The van der Waals surface area contributed by atoms with Crippen LogP contribution in [0.25, 0.3) is 0 Å². The highest BCUT2D eigenvalue weighted by Crippen LogP contribution is 2.59. The van der Waals surface area contributed by atoms with E-state index >= 15 is 0 Å². The summed E-state index contributed by atoms with van der Waals surface area (Å²) < 4.78 is 0. The van der Waals surface area contributed by atoms with E-state index in [9.17, 15) is 0 Å². The van der Waals surface area contributed by atoms with E-state index in [0.29, 0.717) is 0 Å². The lowest BCUT2D eigenvalue weighted by Gasteiger charge is -2.37. The maximum Gasteiger partial charge on any atom is -0.0314 e. The molecule has 2 saturated carbocycles. The average Bonchev–Trinajstić information content (AvgIpc) is 2.77. The van der Waals surface area contributed by atoms with Gasteiger partial charge in [-0.25, -0.2) is 0 Å². The minimum atomic E-state index is 1.09. The first-order valence-corrected chi connectivity index (χ1v) is 6.55. The van der Waals surface area contributed by atoms with E-state index in [-0.39, 0.29) is 0 Å². The average molecular weight is 190 g/mol. The zero-order valence-electron chi connectivity index (χ0n) is 9.28. The van der Waals surface area contributed by atoms with Crippen LogP contribution in [0.5, 0.6) is 0 Å². The van der Waals surface area contributed by atoms with Crippen molar-refractivity contribution in [2.45, 2.75) is 45.4 Å². The Morgan fingerprint density at radius 2 is 1.79 bits per heavy atom. The van der Waals surface area contributed by atoms with Crippen molar-refractivity contribution in [3.05, 3.63) is 12.2 Å². The van der Waals surface area contributed by atoms with Gasteiger partial charge in [0.05, 0.1) is 0 Å². The number of allylic oxidation sites excluding steroid dienone is 2. The maximum atomic E-state index is 2.45. The molecule has 0 aliphatic heterocycles. The summed E-state index contributed by atoms with van der Waals surface area (Å²) in [6.07, 6.45) is 13.8. The van der Waals surface area contributed by atoms with E-state index in [4.69, 9.17) is 0 Å². The molecule has 3 aliphatic rings. The predicted molar refractivity (Wildman–Crippen MR) is 60.0 cm³/mol. The van der Waals surface area contributed by atoms with Crippen LogP contribution in [0.1, 0.15) is 45.4 Å². The van der Waals surface area contributed by atoms with E-state index in [1.54, 1.807) is 12.8 Å². The number of rotatable bonds is 2. The fourth-order valence-electron chi connectivity index (χ4n) is 4.67. The molecule has 0 aromatic heterocycles. The van der Waals surface area contributed by atoms with Crippen LogP contribution < -0.4 is 0 Å². The van der Waals surface area contributed by atoms with Gasteiger partial charge in [-0.1, -0.05) is 31.9 Å². The third kappa shape index (κ3) is 1.19. The molecule has 0 nitrogen and oxygen atoms in total. The van der Waals surface area contributed by atoms with Gasteiger partial charge in [-0.2, -0.15) is 0 Å². The molecule has 5 atom stereocenters. The number of fused-ring (bicyclic) bond motifs is 5. The van der Waals surface area contributed by atoms with E-state index in [0.717, 1.165) is 29.6 Å². The molecule has 0 aromatic rings. The summed E-state index contributed by atoms with van der Waals surface area (Å²) >= 11 is 0. The largest absolute Gasteiger partial charge is 0.0882 e. The van der Waals surface area contributed by atoms with E-state index in [1.165, 1.54) is 25.7 Å². The maximum absolute atomic E-state index is 2.45. The molecular formula is C14H22. The standard InChI is InChI=1S/C14H22/c1-2-5-10-8-11-9-14(10)13-7-4-3-6-12(11)13/h3-4,10-14H,2,5-9H2,1H3. The second-order valence-corrected chi connectivity index (χ2v) is 5.71. The molecule has 3 aliphatic carbocycles. The first kappa shape index (κ1) is 9.00. The molecule has 5 unspecified atom stereocenters. The Morgan fingerprint density at radius 1 is 1.00 bits per heavy atom. The van der Waals surface area contributed by atoms with Crippen molar-refractivity contribution in [3.8, 4) is 0 Å². The second kappa shape index (κ2) is 3.40. The lowest BCUT2D eigenvalue weighted by molar-refractivity contribution is 0.151. The summed E-state index contributed by atoms with van der Waals surface area (Å²) in [5.41, 5.74) is 0. The smallest absolute Gasteiger partial charge is 0.0314 e. The molecule has 0 aromatic carbocycles. The van der Waals surface area contributed by atoms with Crippen LogP contribution in [0.15, 0.2) is 12.2 Å². The molecule has 0 heterocycles. The monoisotopic (exact) mass is 190 g/mol. The van der Waals surface area contributed by atoms with Crippen LogP contribution in [-0.2, 0) is 0 Å². The minimum Gasteiger partial charge on any atom is -0.0882 e. The highest BCUT2D eigenvalue weighted by Gasteiger charge is 2.51. The summed E-state index contributed by atoms with van der Waals surface area (Å²) in [6, 6.07) is 0. The first-order chi connectivity index (χ1) is 6.90. The third-order valence-corrected chi connectivity index (χ3v) is 5.13. The van der Waals surface area contributed by atoms with Gasteiger partial charge in [0.15, 0.2) is 0 Å². The van der Waals surface area contributed by atoms with Crippen LogP contribution in [0.2, 0.25) is 0 Å². The predicted octanol–water partition coefficient (Wildman–Crippen LogP) is 4.02. The Bertz CT molecular complexity index is 240. The van der Waals surface area contributed by atoms with Gasteiger partial charge in [0.2, 0.25) is 0 Å². The molecule has 3 rings (SSSR count). The van der Waals surface area contributed by atoms with Gasteiger partial charge in [0, 0.05) is 0 Å². The molecule has 78 valence electrons. The molecule has 0 saturated heterocycles. The van der Waals surface area contributed by atoms with Crippen molar-refractivity contribution in [2.24, 2.45) is 29.6 Å². The van der Waals surface area contributed by atoms with Gasteiger partial charge in [0.25, 0.3) is 0 Å². The molecule has 2 bridgehead atoms. The Labute approximate surface area is 87.8 Å². The van der Waals surface area contributed by atoms with Gasteiger partial charge >= 0.3 is 0 Å². The van der Waals surface area contributed by atoms with Gasteiger partial charge in [-0.3, -0.25) is 0 Å². The lowest BCUT2D eigenvalue weighted by Crippen LogP contribution is -2.29. The van der Waals surface area contributed by atoms with E-state index in [2.05, 4.69) is 19.1 Å². The zero-order chi connectivity index (χ0) is 9.54. The summed E-state index contributed by atoms with van der Waals surface area (Å²) in [5, 5.41) is 0. The molecule has 0 N–H and O–H groups in total. The summed E-state index contributed by atoms with van der Waals surface area (Å²) in [6.45, 7) is 2.35. The van der Waals surface area contributed by atoms with Gasteiger partial charge in [-0.05, 0) is 55.3 Å². The Balaban J connectivity index is 1.76. The Kier molecular flexibility index (Phi) is 2.18. The van der Waals surface area contributed by atoms with Crippen LogP contribution in [0.4, 0.5) is 0 Å². The van der Waals surface area contributed by atoms with Crippen molar-refractivity contribution in [1.82, 2.24) is 0 Å². The van der Waals surface area contributed by atoms with Crippen LogP contribution in [-0.4, -0.2) is 0 Å². The highest BCUT2D eigenvalue weighted by molar-refractivity contribution is 5.07. The fourth-order valence-corrected chi connectivity index (χ4v) is 4.67.